The zero-order chi connectivity index (χ0) is 14.8. The first-order valence-electron chi connectivity index (χ1n) is 6.86. The minimum Gasteiger partial charge on any atom is -0.472 e. The van der Waals surface area contributed by atoms with E-state index < -0.39 is 0 Å². The highest BCUT2D eigenvalue weighted by Gasteiger charge is 2.17. The van der Waals surface area contributed by atoms with Gasteiger partial charge in [-0.15, -0.1) is 0 Å². The molecule has 0 unspecified atom stereocenters. The lowest BCUT2D eigenvalue weighted by Gasteiger charge is -2.16. The second kappa shape index (κ2) is 5.44. The topological polar surface area (TPSA) is 51.3 Å². The molecule has 108 valence electrons. The number of carbonyl (C=O) groups excluding carboxylic acids is 1. The fourth-order valence-corrected chi connectivity index (χ4v) is 2.40. The number of hydrogen-bond acceptors (Lipinski definition) is 3. The number of amides is 1. The van der Waals surface area contributed by atoms with Crippen LogP contribution in [0.4, 0.5) is 5.95 Å². The summed E-state index contributed by atoms with van der Waals surface area (Å²) in [5, 5.41) is 0. The number of anilines is 1. The van der Waals surface area contributed by atoms with E-state index in [1.54, 1.807) is 24.5 Å². The summed E-state index contributed by atoms with van der Waals surface area (Å²) in [6.07, 6.45) is 4.39. The SMILES string of the molecule is CN(C(=O)CCc1ccoc1)c1nc2ccccc2n1C. The summed E-state index contributed by atoms with van der Waals surface area (Å²) < 4.78 is 6.95. The van der Waals surface area contributed by atoms with Crippen molar-refractivity contribution in [3.63, 3.8) is 0 Å². The lowest BCUT2D eigenvalue weighted by molar-refractivity contribution is -0.118. The molecule has 0 saturated carbocycles. The first kappa shape index (κ1) is 13.4. The van der Waals surface area contributed by atoms with Crippen LogP contribution in [0.15, 0.2) is 47.3 Å². The van der Waals surface area contributed by atoms with Crippen molar-refractivity contribution >= 4 is 22.9 Å². The van der Waals surface area contributed by atoms with Crippen molar-refractivity contribution in [1.29, 1.82) is 0 Å². The molecule has 0 fully saturated rings. The van der Waals surface area contributed by atoms with Crippen molar-refractivity contribution in [2.75, 3.05) is 11.9 Å². The van der Waals surface area contributed by atoms with E-state index in [1.807, 2.05) is 41.9 Å². The number of aryl methyl sites for hydroxylation is 2. The maximum Gasteiger partial charge on any atom is 0.229 e. The number of hydrogen-bond donors (Lipinski definition) is 0. The third-order valence-electron chi connectivity index (χ3n) is 3.65. The van der Waals surface area contributed by atoms with Gasteiger partial charge >= 0.3 is 0 Å². The Bertz CT molecular complexity index is 759. The fraction of sp³-hybridized carbons (Fsp3) is 0.250. The normalized spacial score (nSPS) is 11.0. The summed E-state index contributed by atoms with van der Waals surface area (Å²) in [6.45, 7) is 0. The van der Waals surface area contributed by atoms with Gasteiger partial charge in [-0.1, -0.05) is 12.1 Å². The molecule has 1 amide bonds. The highest BCUT2D eigenvalue weighted by Crippen LogP contribution is 2.20. The van der Waals surface area contributed by atoms with E-state index in [9.17, 15) is 4.79 Å². The molecule has 1 aromatic carbocycles. The van der Waals surface area contributed by atoms with Crippen LogP contribution in [0, 0.1) is 0 Å². The van der Waals surface area contributed by atoms with Gasteiger partial charge in [-0.25, -0.2) is 4.98 Å². The summed E-state index contributed by atoms with van der Waals surface area (Å²) in [4.78, 5) is 18.4. The molecule has 0 radical (unpaired) electrons. The van der Waals surface area contributed by atoms with Crippen LogP contribution in [0.3, 0.4) is 0 Å². The van der Waals surface area contributed by atoms with Gasteiger partial charge in [-0.3, -0.25) is 9.69 Å². The lowest BCUT2D eigenvalue weighted by Crippen LogP contribution is -2.28. The van der Waals surface area contributed by atoms with Gasteiger partial charge in [-0.2, -0.15) is 0 Å². The molecule has 2 aromatic heterocycles. The molecule has 21 heavy (non-hydrogen) atoms. The van der Waals surface area contributed by atoms with E-state index in [2.05, 4.69) is 4.98 Å². The Kier molecular flexibility index (Phi) is 3.48. The van der Waals surface area contributed by atoms with Gasteiger partial charge in [0, 0.05) is 20.5 Å². The monoisotopic (exact) mass is 283 g/mol. The number of aromatic nitrogens is 2. The Morgan fingerprint density at radius 1 is 1.33 bits per heavy atom. The number of rotatable bonds is 4. The predicted octanol–water partition coefficient (Wildman–Crippen LogP) is 2.76. The third-order valence-corrected chi connectivity index (χ3v) is 3.65. The van der Waals surface area contributed by atoms with Crippen LogP contribution < -0.4 is 4.90 Å². The van der Waals surface area contributed by atoms with Crippen molar-refractivity contribution in [3.8, 4) is 0 Å². The Labute approximate surface area is 122 Å². The predicted molar refractivity (Wildman–Crippen MR) is 81.2 cm³/mol. The van der Waals surface area contributed by atoms with E-state index in [4.69, 9.17) is 4.42 Å². The van der Waals surface area contributed by atoms with Gasteiger partial charge in [0.05, 0.1) is 23.6 Å². The largest absolute Gasteiger partial charge is 0.472 e. The molecule has 0 aliphatic heterocycles. The van der Waals surface area contributed by atoms with Gasteiger partial charge < -0.3 is 8.98 Å². The van der Waals surface area contributed by atoms with Gasteiger partial charge in [-0.05, 0) is 30.2 Å². The maximum atomic E-state index is 12.3. The average Bonchev–Trinajstić information content (AvgIpc) is 3.13. The van der Waals surface area contributed by atoms with Crippen LogP contribution in [-0.2, 0) is 18.3 Å². The molecular weight excluding hydrogens is 266 g/mol. The zero-order valence-electron chi connectivity index (χ0n) is 12.1. The standard InChI is InChI=1S/C16H17N3O2/c1-18-14-6-4-3-5-13(14)17-16(18)19(2)15(20)8-7-12-9-10-21-11-12/h3-6,9-11H,7-8H2,1-2H3. The van der Waals surface area contributed by atoms with E-state index in [-0.39, 0.29) is 5.91 Å². The molecule has 0 bridgehead atoms. The highest BCUT2D eigenvalue weighted by molar-refractivity contribution is 5.93. The van der Waals surface area contributed by atoms with Crippen LogP contribution in [-0.4, -0.2) is 22.5 Å². The van der Waals surface area contributed by atoms with Gasteiger partial charge in [0.25, 0.3) is 0 Å². The molecule has 0 aliphatic carbocycles. The first-order chi connectivity index (χ1) is 10.2. The molecule has 0 atom stereocenters. The summed E-state index contributed by atoms with van der Waals surface area (Å²) in [6, 6.07) is 9.73. The number of para-hydroxylation sites is 2. The van der Waals surface area contributed by atoms with Crippen molar-refractivity contribution in [2.24, 2.45) is 7.05 Å². The lowest BCUT2D eigenvalue weighted by atomic mass is 10.2. The second-order valence-electron chi connectivity index (χ2n) is 5.04. The van der Waals surface area contributed by atoms with Gasteiger partial charge in [0.15, 0.2) is 0 Å². The summed E-state index contributed by atoms with van der Waals surface area (Å²) in [5.74, 6) is 0.697. The highest BCUT2D eigenvalue weighted by atomic mass is 16.3. The molecule has 5 heteroatoms. The summed E-state index contributed by atoms with van der Waals surface area (Å²) in [5.41, 5.74) is 2.94. The van der Waals surface area contributed by atoms with E-state index in [1.165, 1.54) is 0 Å². The number of carbonyl (C=O) groups is 1. The summed E-state index contributed by atoms with van der Waals surface area (Å²) in [7, 11) is 3.68. The van der Waals surface area contributed by atoms with Crippen LogP contribution in [0.2, 0.25) is 0 Å². The Hall–Kier alpha value is -2.56. The van der Waals surface area contributed by atoms with Crippen molar-refractivity contribution in [1.82, 2.24) is 9.55 Å². The molecule has 3 rings (SSSR count). The Morgan fingerprint density at radius 3 is 2.86 bits per heavy atom. The zero-order valence-corrected chi connectivity index (χ0v) is 12.1. The average molecular weight is 283 g/mol. The number of furan rings is 1. The third kappa shape index (κ3) is 2.54. The molecule has 0 spiro atoms. The fourth-order valence-electron chi connectivity index (χ4n) is 2.40. The second-order valence-corrected chi connectivity index (χ2v) is 5.04. The molecule has 0 aliphatic rings. The molecule has 0 N–H and O–H groups in total. The van der Waals surface area contributed by atoms with Gasteiger partial charge in [0.2, 0.25) is 11.9 Å². The number of benzene rings is 1. The van der Waals surface area contributed by atoms with Crippen LogP contribution in [0.1, 0.15) is 12.0 Å². The Balaban J connectivity index is 1.78. The number of nitrogens with zero attached hydrogens (tertiary/aromatic N) is 3. The van der Waals surface area contributed by atoms with Crippen molar-refractivity contribution < 1.29 is 9.21 Å². The van der Waals surface area contributed by atoms with Crippen LogP contribution in [0.5, 0.6) is 0 Å². The van der Waals surface area contributed by atoms with Crippen LogP contribution in [0.25, 0.3) is 11.0 Å². The minimum atomic E-state index is 0.0367. The van der Waals surface area contributed by atoms with E-state index >= 15 is 0 Å². The van der Waals surface area contributed by atoms with Crippen LogP contribution >= 0.6 is 0 Å². The molecule has 0 saturated heterocycles. The van der Waals surface area contributed by atoms with E-state index in [0.717, 1.165) is 16.6 Å². The number of fused-ring (bicyclic) bond motifs is 1. The van der Waals surface area contributed by atoms with Crippen molar-refractivity contribution in [3.05, 3.63) is 48.4 Å². The van der Waals surface area contributed by atoms with E-state index in [0.29, 0.717) is 18.8 Å². The number of imidazole rings is 1. The smallest absolute Gasteiger partial charge is 0.229 e. The maximum absolute atomic E-state index is 12.3. The minimum absolute atomic E-state index is 0.0367. The molecule has 5 nitrogen and oxygen atoms in total. The molecule has 3 aromatic rings. The quantitative estimate of drug-likeness (QED) is 0.739. The van der Waals surface area contributed by atoms with Gasteiger partial charge in [0.1, 0.15) is 0 Å². The summed E-state index contributed by atoms with van der Waals surface area (Å²) >= 11 is 0. The van der Waals surface area contributed by atoms with Crippen molar-refractivity contribution in [2.45, 2.75) is 12.8 Å². The first-order valence-corrected chi connectivity index (χ1v) is 6.86. The molecular formula is C16H17N3O2. The molecule has 2 heterocycles. The Morgan fingerprint density at radius 2 is 2.14 bits per heavy atom.